The van der Waals surface area contributed by atoms with Gasteiger partial charge in [-0.3, -0.25) is 9.69 Å². The Balaban J connectivity index is 1.61. The van der Waals surface area contributed by atoms with Gasteiger partial charge in [0.2, 0.25) is 0 Å². The van der Waals surface area contributed by atoms with Crippen LogP contribution >= 0.6 is 34.0 Å². The molecule has 0 unspecified atom stereocenters. The summed E-state index contributed by atoms with van der Waals surface area (Å²) in [4.78, 5) is 32.6. The number of rotatable bonds is 4. The average molecular weight is 415 g/mol. The molecule has 0 saturated heterocycles. The monoisotopic (exact) mass is 414 g/mol. The lowest BCUT2D eigenvalue weighted by Gasteiger charge is -2.11. The number of carboxylic acids is 1. The molecular weight excluding hydrogens is 400 g/mol. The van der Waals surface area contributed by atoms with E-state index in [9.17, 15) is 14.7 Å². The lowest BCUT2D eigenvalue weighted by molar-refractivity contribution is 0.0701. The zero-order valence-electron chi connectivity index (χ0n) is 14.4. The Bertz CT molecular complexity index is 1140. The number of thiophene rings is 2. The van der Waals surface area contributed by atoms with Crippen molar-refractivity contribution >= 4 is 61.1 Å². The molecule has 8 heteroatoms. The second kappa shape index (κ2) is 6.88. The first-order valence-corrected chi connectivity index (χ1v) is 10.5. The van der Waals surface area contributed by atoms with Gasteiger partial charge in [0, 0.05) is 21.5 Å². The van der Waals surface area contributed by atoms with Gasteiger partial charge in [-0.2, -0.15) is 0 Å². The fourth-order valence-electron chi connectivity index (χ4n) is 2.66. The van der Waals surface area contributed by atoms with Crippen molar-refractivity contribution in [3.05, 3.63) is 57.9 Å². The van der Waals surface area contributed by atoms with Crippen LogP contribution in [-0.4, -0.2) is 29.0 Å². The quantitative estimate of drug-likeness (QED) is 0.487. The highest BCUT2D eigenvalue weighted by atomic mass is 32.1. The van der Waals surface area contributed by atoms with Crippen molar-refractivity contribution in [3.8, 4) is 9.75 Å². The molecule has 5 nitrogen and oxygen atoms in total. The van der Waals surface area contributed by atoms with Crippen LogP contribution in [0.3, 0.4) is 0 Å². The molecule has 1 N–H and O–H groups in total. The zero-order chi connectivity index (χ0) is 19.1. The molecule has 0 atom stereocenters. The maximum atomic E-state index is 12.8. The minimum Gasteiger partial charge on any atom is -0.477 e. The molecule has 4 rings (SSSR count). The van der Waals surface area contributed by atoms with E-state index < -0.39 is 5.97 Å². The Morgan fingerprint density at radius 1 is 1.04 bits per heavy atom. The molecule has 0 fully saturated rings. The molecule has 3 aromatic heterocycles. The minimum atomic E-state index is -1.03. The van der Waals surface area contributed by atoms with Crippen LogP contribution in [0, 0.1) is 6.92 Å². The first-order valence-electron chi connectivity index (χ1n) is 8.01. The SMILES string of the molecule is Cc1nc(N(C)C(=O)c2ccc(-c3cc4ccccc4s3)s2)sc1C(=O)O. The summed E-state index contributed by atoms with van der Waals surface area (Å²) in [7, 11) is 1.62. The summed E-state index contributed by atoms with van der Waals surface area (Å²) >= 11 is 4.13. The predicted octanol–water partition coefficient (Wildman–Crippen LogP) is 5.37. The fourth-order valence-corrected chi connectivity index (χ4v) is 5.66. The normalized spacial score (nSPS) is 11.0. The van der Waals surface area contributed by atoms with Gasteiger partial charge in [0.15, 0.2) is 5.13 Å². The molecule has 3 heterocycles. The number of aromatic carboxylic acids is 1. The summed E-state index contributed by atoms with van der Waals surface area (Å²) in [5.41, 5.74) is 0.416. The van der Waals surface area contributed by atoms with E-state index in [1.54, 1.807) is 25.3 Å². The lowest BCUT2D eigenvalue weighted by atomic mass is 10.2. The van der Waals surface area contributed by atoms with E-state index in [0.29, 0.717) is 15.7 Å². The molecule has 27 heavy (non-hydrogen) atoms. The summed E-state index contributed by atoms with van der Waals surface area (Å²) in [6.45, 7) is 1.63. The number of benzene rings is 1. The van der Waals surface area contributed by atoms with Crippen LogP contribution in [0.1, 0.15) is 25.0 Å². The average Bonchev–Trinajstić information content (AvgIpc) is 3.37. The van der Waals surface area contributed by atoms with Crippen molar-refractivity contribution < 1.29 is 14.7 Å². The van der Waals surface area contributed by atoms with Gasteiger partial charge in [0.1, 0.15) is 4.88 Å². The van der Waals surface area contributed by atoms with Crippen LogP contribution in [0.2, 0.25) is 0 Å². The third kappa shape index (κ3) is 3.27. The molecule has 1 aromatic carbocycles. The second-order valence-corrected chi connectivity index (χ2v) is 9.04. The summed E-state index contributed by atoms with van der Waals surface area (Å²) in [5, 5.41) is 10.7. The number of anilines is 1. The van der Waals surface area contributed by atoms with Crippen molar-refractivity contribution in [3.63, 3.8) is 0 Å². The number of aryl methyl sites for hydroxylation is 1. The Morgan fingerprint density at radius 3 is 2.52 bits per heavy atom. The molecule has 0 aliphatic carbocycles. The number of hydrogen-bond donors (Lipinski definition) is 1. The molecule has 1 amide bonds. The molecular formula is C19H14N2O3S3. The van der Waals surface area contributed by atoms with Crippen LogP contribution < -0.4 is 4.90 Å². The molecule has 0 aliphatic heterocycles. The summed E-state index contributed by atoms with van der Waals surface area (Å²) < 4.78 is 1.21. The van der Waals surface area contributed by atoms with Crippen molar-refractivity contribution in [2.75, 3.05) is 11.9 Å². The highest BCUT2D eigenvalue weighted by Gasteiger charge is 2.22. The molecule has 136 valence electrons. The van der Waals surface area contributed by atoms with Crippen molar-refractivity contribution in [2.24, 2.45) is 0 Å². The van der Waals surface area contributed by atoms with E-state index >= 15 is 0 Å². The maximum Gasteiger partial charge on any atom is 0.347 e. The van der Waals surface area contributed by atoms with E-state index in [1.165, 1.54) is 26.3 Å². The number of amides is 1. The van der Waals surface area contributed by atoms with Crippen LogP contribution in [0.5, 0.6) is 0 Å². The smallest absolute Gasteiger partial charge is 0.347 e. The second-order valence-electron chi connectivity index (χ2n) is 5.89. The number of nitrogens with zero attached hydrogens (tertiary/aromatic N) is 2. The van der Waals surface area contributed by atoms with E-state index in [2.05, 4.69) is 23.2 Å². The number of aromatic nitrogens is 1. The Labute approximate surface area is 167 Å². The van der Waals surface area contributed by atoms with Gasteiger partial charge in [-0.15, -0.1) is 22.7 Å². The topological polar surface area (TPSA) is 70.5 Å². The van der Waals surface area contributed by atoms with Gasteiger partial charge in [-0.05, 0) is 36.6 Å². The molecule has 0 saturated carbocycles. The third-order valence-electron chi connectivity index (χ3n) is 4.06. The van der Waals surface area contributed by atoms with Crippen molar-refractivity contribution in [1.29, 1.82) is 0 Å². The first kappa shape index (κ1) is 17.8. The zero-order valence-corrected chi connectivity index (χ0v) is 16.9. The fraction of sp³-hybridized carbons (Fsp3) is 0.105. The van der Waals surface area contributed by atoms with Gasteiger partial charge in [0.05, 0.1) is 10.6 Å². The molecule has 0 spiro atoms. The summed E-state index contributed by atoms with van der Waals surface area (Å²) in [6.07, 6.45) is 0. The van der Waals surface area contributed by atoms with E-state index in [4.69, 9.17) is 0 Å². The largest absolute Gasteiger partial charge is 0.477 e. The van der Waals surface area contributed by atoms with Crippen LogP contribution in [-0.2, 0) is 0 Å². The number of carboxylic acid groups (broad SMARTS) is 1. The van der Waals surface area contributed by atoms with Gasteiger partial charge >= 0.3 is 5.97 Å². The number of carbonyl (C=O) groups excluding carboxylic acids is 1. The third-order valence-corrected chi connectivity index (χ3v) is 7.66. The Morgan fingerprint density at radius 2 is 1.81 bits per heavy atom. The van der Waals surface area contributed by atoms with E-state index in [1.807, 2.05) is 24.3 Å². The van der Waals surface area contributed by atoms with Gasteiger partial charge in [0.25, 0.3) is 5.91 Å². The summed E-state index contributed by atoms with van der Waals surface area (Å²) in [5.74, 6) is -1.22. The highest BCUT2D eigenvalue weighted by Crippen LogP contribution is 2.37. The van der Waals surface area contributed by atoms with Crippen LogP contribution in [0.4, 0.5) is 5.13 Å². The lowest BCUT2D eigenvalue weighted by Crippen LogP contribution is -2.25. The van der Waals surface area contributed by atoms with E-state index in [0.717, 1.165) is 21.1 Å². The summed E-state index contributed by atoms with van der Waals surface area (Å²) in [6, 6.07) is 14.1. The minimum absolute atomic E-state index is 0.154. The molecule has 4 aromatic rings. The van der Waals surface area contributed by atoms with Gasteiger partial charge < -0.3 is 5.11 Å². The number of fused-ring (bicyclic) bond motifs is 1. The van der Waals surface area contributed by atoms with Gasteiger partial charge in [-0.25, -0.2) is 9.78 Å². The van der Waals surface area contributed by atoms with Crippen molar-refractivity contribution in [1.82, 2.24) is 4.98 Å². The maximum absolute atomic E-state index is 12.8. The van der Waals surface area contributed by atoms with Crippen LogP contribution in [0.25, 0.3) is 19.8 Å². The number of carbonyl (C=O) groups is 2. The van der Waals surface area contributed by atoms with Crippen molar-refractivity contribution in [2.45, 2.75) is 6.92 Å². The molecule has 0 radical (unpaired) electrons. The highest BCUT2D eigenvalue weighted by molar-refractivity contribution is 7.26. The van der Waals surface area contributed by atoms with Gasteiger partial charge in [-0.1, -0.05) is 29.5 Å². The standard InChI is InChI=1S/C19H14N2O3S3/c1-10-16(18(23)24)27-19(20-10)21(2)17(22)14-8-7-13(26-14)15-9-11-5-3-4-6-12(11)25-15/h3-9H,1-2H3,(H,23,24). The Hall–Kier alpha value is -2.55. The van der Waals surface area contributed by atoms with E-state index in [-0.39, 0.29) is 10.8 Å². The number of hydrogen-bond acceptors (Lipinski definition) is 6. The Kier molecular flexibility index (Phi) is 4.55. The van der Waals surface area contributed by atoms with Crippen LogP contribution in [0.15, 0.2) is 42.5 Å². The number of thiazole rings is 1. The molecule has 0 aliphatic rings. The molecule has 0 bridgehead atoms. The first-order chi connectivity index (χ1) is 12.9. The predicted molar refractivity (Wildman–Crippen MR) is 112 cm³/mol.